The molecule has 0 spiro atoms. The van der Waals surface area contributed by atoms with Gasteiger partial charge in [-0.15, -0.1) is 0 Å². The van der Waals surface area contributed by atoms with Crippen molar-refractivity contribution in [2.24, 2.45) is 10.1 Å². The number of nitrogens with zero attached hydrogens (tertiary/aromatic N) is 3. The molecular weight excluding hydrogens is 368 g/mol. The first-order valence-corrected chi connectivity index (χ1v) is 10.9. The molecule has 6 heteroatoms. The molecule has 2 aliphatic heterocycles. The second kappa shape index (κ2) is 8.13. The number of benzene rings is 1. The minimum absolute atomic E-state index is 0.343. The fraction of sp³-hybridized carbons (Fsp3) is 0.455. The Kier molecular flexibility index (Phi) is 5.60. The quantitative estimate of drug-likeness (QED) is 0.820. The van der Waals surface area contributed by atoms with Crippen molar-refractivity contribution in [2.45, 2.75) is 53.2 Å². The summed E-state index contributed by atoms with van der Waals surface area (Å²) in [6, 6.07) is 8.57. The van der Waals surface area contributed by atoms with Crippen LogP contribution in [0.1, 0.15) is 40.9 Å². The van der Waals surface area contributed by atoms with Crippen molar-refractivity contribution in [1.82, 2.24) is 9.99 Å². The predicted octanol–water partition coefficient (Wildman–Crippen LogP) is 4.63. The maximum atomic E-state index is 5.83. The molecule has 1 aromatic carbocycles. The maximum absolute atomic E-state index is 5.83. The molecule has 0 saturated carbocycles. The van der Waals surface area contributed by atoms with Gasteiger partial charge in [-0.25, -0.2) is 4.99 Å². The van der Waals surface area contributed by atoms with Crippen LogP contribution in [0.3, 0.4) is 0 Å². The molecule has 148 valence electrons. The first-order valence-electron chi connectivity index (χ1n) is 9.91. The summed E-state index contributed by atoms with van der Waals surface area (Å²) in [5.74, 6) is 0.820. The van der Waals surface area contributed by atoms with E-state index in [4.69, 9.17) is 9.73 Å². The number of hydrogen-bond donors (Lipinski definition) is 1. The Hall–Kier alpha value is -2.05. The van der Waals surface area contributed by atoms with E-state index in [2.05, 4.69) is 67.1 Å². The lowest BCUT2D eigenvalue weighted by Gasteiger charge is -2.17. The molecule has 1 fully saturated rings. The first kappa shape index (κ1) is 19.3. The third-order valence-electron chi connectivity index (χ3n) is 5.50. The molecule has 4 rings (SSSR count). The standard InChI is InChI=1S/C22H28N4OS/c1-14-7-8-20(15(2)10-14)23-22-25-24-21(13-28-22)19-11-16(3)26(17(19)4)12-18-6-5-9-27-18/h7-8,10-11,18H,5-6,9,12-13H2,1-4H3,(H,23,25)/t18-/m0/s1. The minimum Gasteiger partial charge on any atom is -0.376 e. The topological polar surface area (TPSA) is 50.9 Å². The van der Waals surface area contributed by atoms with Gasteiger partial charge in [-0.1, -0.05) is 29.5 Å². The van der Waals surface area contributed by atoms with E-state index in [-0.39, 0.29) is 0 Å². The van der Waals surface area contributed by atoms with E-state index in [1.54, 1.807) is 11.8 Å². The first-order chi connectivity index (χ1) is 13.5. The lowest BCUT2D eigenvalue weighted by Crippen LogP contribution is -2.25. The maximum Gasteiger partial charge on any atom is 0.182 e. The Bertz CT molecular complexity index is 938. The molecule has 0 unspecified atom stereocenters. The third kappa shape index (κ3) is 4.03. The molecule has 1 N–H and O–H groups in total. The van der Waals surface area contributed by atoms with Gasteiger partial charge < -0.3 is 9.30 Å². The molecule has 0 aliphatic carbocycles. The van der Waals surface area contributed by atoms with Crippen LogP contribution in [0.25, 0.3) is 0 Å². The van der Waals surface area contributed by atoms with E-state index in [0.717, 1.165) is 41.9 Å². The fourth-order valence-corrected chi connectivity index (χ4v) is 4.68. The zero-order valence-corrected chi connectivity index (χ0v) is 17.9. The highest BCUT2D eigenvalue weighted by Gasteiger charge is 2.22. The summed E-state index contributed by atoms with van der Waals surface area (Å²) in [7, 11) is 0. The van der Waals surface area contributed by atoms with E-state index in [1.807, 2.05) is 0 Å². The largest absolute Gasteiger partial charge is 0.376 e. The van der Waals surface area contributed by atoms with Crippen LogP contribution in [-0.4, -0.2) is 33.9 Å². The van der Waals surface area contributed by atoms with E-state index in [9.17, 15) is 0 Å². The number of aryl methyl sites for hydroxylation is 3. The summed E-state index contributed by atoms with van der Waals surface area (Å²) in [6.07, 6.45) is 2.67. The van der Waals surface area contributed by atoms with Crippen LogP contribution < -0.4 is 5.43 Å². The van der Waals surface area contributed by atoms with Crippen molar-refractivity contribution in [3.8, 4) is 0 Å². The van der Waals surface area contributed by atoms with Gasteiger partial charge >= 0.3 is 0 Å². The Labute approximate surface area is 171 Å². The number of ether oxygens (including phenoxy) is 1. The van der Waals surface area contributed by atoms with Gasteiger partial charge in [-0.3, -0.25) is 5.43 Å². The second-order valence-corrected chi connectivity index (χ2v) is 8.66. The highest BCUT2D eigenvalue weighted by molar-refractivity contribution is 8.14. The Morgan fingerprint density at radius 2 is 2.11 bits per heavy atom. The number of amidine groups is 1. The zero-order valence-electron chi connectivity index (χ0n) is 17.1. The molecule has 1 aromatic heterocycles. The molecule has 2 aromatic rings. The monoisotopic (exact) mass is 396 g/mol. The van der Waals surface area contributed by atoms with Gasteiger partial charge in [0.05, 0.1) is 17.5 Å². The van der Waals surface area contributed by atoms with Crippen LogP contribution in [0.5, 0.6) is 0 Å². The molecule has 1 saturated heterocycles. The van der Waals surface area contributed by atoms with Crippen LogP contribution in [0, 0.1) is 27.7 Å². The number of aromatic nitrogens is 1. The van der Waals surface area contributed by atoms with Crippen LogP contribution in [-0.2, 0) is 11.3 Å². The van der Waals surface area contributed by atoms with Crippen molar-refractivity contribution in [3.63, 3.8) is 0 Å². The smallest absolute Gasteiger partial charge is 0.182 e. The molecule has 0 amide bonds. The van der Waals surface area contributed by atoms with Gasteiger partial charge in [0.25, 0.3) is 0 Å². The molecule has 5 nitrogen and oxygen atoms in total. The third-order valence-corrected chi connectivity index (χ3v) is 6.37. The molecule has 0 radical (unpaired) electrons. The van der Waals surface area contributed by atoms with Crippen molar-refractivity contribution < 1.29 is 4.74 Å². The van der Waals surface area contributed by atoms with Gasteiger partial charge in [0, 0.05) is 35.9 Å². The average molecular weight is 397 g/mol. The SMILES string of the molecule is Cc1ccc(N=C2NN=C(c3cc(C)n(C[C@@H]4CCCO4)c3C)CS2)c(C)c1. The van der Waals surface area contributed by atoms with Gasteiger partial charge in [0.15, 0.2) is 5.17 Å². The fourth-order valence-electron chi connectivity index (χ4n) is 3.92. The van der Waals surface area contributed by atoms with Crippen molar-refractivity contribution in [2.75, 3.05) is 12.4 Å². The van der Waals surface area contributed by atoms with Gasteiger partial charge in [-0.05, 0) is 58.2 Å². The summed E-state index contributed by atoms with van der Waals surface area (Å²) >= 11 is 1.70. The number of hydrazone groups is 1. The second-order valence-electron chi connectivity index (χ2n) is 7.70. The summed E-state index contributed by atoms with van der Waals surface area (Å²) < 4.78 is 8.20. The Morgan fingerprint density at radius 3 is 2.79 bits per heavy atom. The summed E-state index contributed by atoms with van der Waals surface area (Å²) in [5, 5.41) is 5.49. The number of nitrogens with one attached hydrogen (secondary N) is 1. The Morgan fingerprint density at radius 1 is 1.25 bits per heavy atom. The van der Waals surface area contributed by atoms with Crippen molar-refractivity contribution in [1.29, 1.82) is 0 Å². The lowest BCUT2D eigenvalue weighted by molar-refractivity contribution is 0.0962. The van der Waals surface area contributed by atoms with Gasteiger partial charge in [0.1, 0.15) is 0 Å². The van der Waals surface area contributed by atoms with Crippen LogP contribution >= 0.6 is 11.8 Å². The van der Waals surface area contributed by atoms with Crippen LogP contribution in [0.2, 0.25) is 0 Å². The summed E-state index contributed by atoms with van der Waals surface area (Å²) in [6.45, 7) is 10.4. The molecule has 1 atom stereocenters. The van der Waals surface area contributed by atoms with E-state index in [0.29, 0.717) is 6.10 Å². The zero-order chi connectivity index (χ0) is 19.7. The molecule has 3 heterocycles. The van der Waals surface area contributed by atoms with Crippen LogP contribution in [0.4, 0.5) is 5.69 Å². The van der Waals surface area contributed by atoms with Crippen molar-refractivity contribution >= 4 is 28.3 Å². The molecular formula is C22H28N4OS. The van der Waals surface area contributed by atoms with Gasteiger partial charge in [0.2, 0.25) is 0 Å². The molecule has 28 heavy (non-hydrogen) atoms. The number of aliphatic imine (C=N–C) groups is 1. The highest BCUT2D eigenvalue weighted by Crippen LogP contribution is 2.25. The van der Waals surface area contributed by atoms with E-state index >= 15 is 0 Å². The number of thioether (sulfide) groups is 1. The van der Waals surface area contributed by atoms with Crippen LogP contribution in [0.15, 0.2) is 34.4 Å². The lowest BCUT2D eigenvalue weighted by atomic mass is 10.1. The number of rotatable bonds is 4. The summed E-state index contributed by atoms with van der Waals surface area (Å²) in [4.78, 5) is 4.74. The minimum atomic E-state index is 0.343. The predicted molar refractivity (Wildman–Crippen MR) is 118 cm³/mol. The molecule has 2 aliphatic rings. The molecule has 0 bridgehead atoms. The average Bonchev–Trinajstić information content (AvgIpc) is 3.29. The summed E-state index contributed by atoms with van der Waals surface area (Å²) in [5.41, 5.74) is 11.4. The highest BCUT2D eigenvalue weighted by atomic mass is 32.2. The normalized spacial score (nSPS) is 21.1. The number of hydrogen-bond acceptors (Lipinski definition) is 4. The van der Waals surface area contributed by atoms with E-state index < -0.39 is 0 Å². The van der Waals surface area contributed by atoms with E-state index in [1.165, 1.54) is 34.5 Å². The van der Waals surface area contributed by atoms with Crippen molar-refractivity contribution in [3.05, 3.63) is 52.3 Å². The Balaban J connectivity index is 1.51. The van der Waals surface area contributed by atoms with Gasteiger partial charge in [-0.2, -0.15) is 5.10 Å².